The Morgan fingerprint density at radius 1 is 1.32 bits per heavy atom. The van der Waals surface area contributed by atoms with Crippen LogP contribution in [0, 0.1) is 18.7 Å². The maximum atomic E-state index is 13.0. The fraction of sp³-hybridized carbons (Fsp3) is 0.429. The predicted molar refractivity (Wildman–Crippen MR) is 160 cm³/mol. The van der Waals surface area contributed by atoms with Gasteiger partial charge in [0, 0.05) is 26.6 Å². The third-order valence-corrected chi connectivity index (χ3v) is 7.22. The molecule has 2 amide bonds. The summed E-state index contributed by atoms with van der Waals surface area (Å²) in [5.41, 5.74) is 2.92. The second kappa shape index (κ2) is 19.0. The monoisotopic (exact) mass is 657 g/mol. The van der Waals surface area contributed by atoms with Crippen LogP contribution in [0.1, 0.15) is 44.7 Å². The van der Waals surface area contributed by atoms with Gasteiger partial charge in [0.1, 0.15) is 28.8 Å². The van der Waals surface area contributed by atoms with E-state index < -0.39 is 0 Å². The number of hydrogen-bond donors (Lipinski definition) is 1. The summed E-state index contributed by atoms with van der Waals surface area (Å²) < 4.78 is 26.4. The zero-order chi connectivity index (χ0) is 28.5. The van der Waals surface area contributed by atoms with E-state index in [9.17, 15) is 14.0 Å². The Kier molecular flexibility index (Phi) is 16.9. The van der Waals surface area contributed by atoms with E-state index in [0.29, 0.717) is 32.3 Å². The lowest BCUT2D eigenvalue weighted by Gasteiger charge is -2.35. The molecule has 1 saturated heterocycles. The topological polar surface area (TPSA) is 71.1 Å². The lowest BCUT2D eigenvalue weighted by atomic mass is 9.88. The molecule has 208 valence electrons. The molecule has 3 atom stereocenters. The van der Waals surface area contributed by atoms with E-state index >= 15 is 0 Å². The Morgan fingerprint density at radius 3 is 2.50 bits per heavy atom. The maximum absolute atomic E-state index is 13.0. The van der Waals surface area contributed by atoms with Gasteiger partial charge in [0.2, 0.25) is 12.3 Å². The Bertz CT molecular complexity index is 949. The second-order valence-corrected chi connectivity index (χ2v) is 10.2. The molecule has 2 aliphatic heterocycles. The Labute approximate surface area is 244 Å². The van der Waals surface area contributed by atoms with Crippen LogP contribution in [0.3, 0.4) is 0 Å². The molecule has 1 N–H and O–H groups in total. The van der Waals surface area contributed by atoms with Gasteiger partial charge >= 0.3 is 0 Å². The van der Waals surface area contributed by atoms with Crippen LogP contribution >= 0.6 is 35.2 Å². The number of carbonyl (C=O) groups excluding carboxylic acids is 2. The van der Waals surface area contributed by atoms with E-state index in [1.807, 2.05) is 4.90 Å². The van der Waals surface area contributed by atoms with Gasteiger partial charge in [-0.3, -0.25) is 9.59 Å². The molecule has 2 unspecified atom stereocenters. The van der Waals surface area contributed by atoms with Crippen molar-refractivity contribution in [3.05, 3.63) is 72.1 Å². The van der Waals surface area contributed by atoms with Crippen molar-refractivity contribution >= 4 is 47.6 Å². The van der Waals surface area contributed by atoms with Crippen LogP contribution in [-0.4, -0.2) is 60.5 Å². The SMILES string of the molecule is C#C.C=CC1=C(C=C)[C@H](c2ccc(F)cc2)N(C=O)CC1.CC(=O)N(CCNSOI)C1CCC(C)OC1. The number of ether oxygens (including phenoxy) is 1. The largest absolute Gasteiger partial charge is 0.376 e. The van der Waals surface area contributed by atoms with Crippen molar-refractivity contribution in [1.29, 1.82) is 0 Å². The van der Waals surface area contributed by atoms with Crippen molar-refractivity contribution in [3.8, 4) is 12.8 Å². The molecule has 0 bridgehead atoms. The van der Waals surface area contributed by atoms with E-state index in [-0.39, 0.29) is 23.8 Å². The van der Waals surface area contributed by atoms with E-state index in [4.69, 9.17) is 7.25 Å². The molecule has 7 nitrogen and oxygen atoms in total. The van der Waals surface area contributed by atoms with Gasteiger partial charge in [-0.25, -0.2) is 11.6 Å². The zero-order valence-corrected chi connectivity index (χ0v) is 25.0. The lowest BCUT2D eigenvalue weighted by molar-refractivity contribution is -0.135. The highest BCUT2D eigenvalue weighted by Gasteiger charge is 2.28. The van der Waals surface area contributed by atoms with Gasteiger partial charge in [0.25, 0.3) is 0 Å². The number of benzene rings is 1. The molecule has 38 heavy (non-hydrogen) atoms. The van der Waals surface area contributed by atoms with Gasteiger partial charge in [0.05, 0.1) is 37.0 Å². The first-order valence-corrected chi connectivity index (χ1v) is 13.8. The van der Waals surface area contributed by atoms with Crippen molar-refractivity contribution in [1.82, 2.24) is 14.5 Å². The maximum Gasteiger partial charge on any atom is 0.219 e. The fourth-order valence-corrected chi connectivity index (χ4v) is 5.01. The Hall–Kier alpha value is -2.17. The first-order chi connectivity index (χ1) is 18.4. The number of terminal acetylenes is 1. The van der Waals surface area contributed by atoms with Gasteiger partial charge in [-0.15, -0.1) is 12.8 Å². The van der Waals surface area contributed by atoms with Crippen LogP contribution < -0.4 is 4.72 Å². The van der Waals surface area contributed by atoms with Crippen LogP contribution in [-0.2, 0) is 16.8 Å². The quantitative estimate of drug-likeness (QED) is 0.0887. The summed E-state index contributed by atoms with van der Waals surface area (Å²) in [6, 6.07) is 6.22. The number of nitrogens with one attached hydrogen (secondary N) is 1. The highest BCUT2D eigenvalue weighted by atomic mass is 127. The molecule has 2 aliphatic rings. The minimum absolute atomic E-state index is 0.107. The zero-order valence-electron chi connectivity index (χ0n) is 22.0. The molecule has 0 spiro atoms. The number of hydrogen-bond acceptors (Lipinski definition) is 6. The summed E-state index contributed by atoms with van der Waals surface area (Å²) in [7, 11) is 0. The fourth-order valence-electron chi connectivity index (χ4n) is 4.41. The predicted octanol–water partition coefficient (Wildman–Crippen LogP) is 5.57. The summed E-state index contributed by atoms with van der Waals surface area (Å²) in [4.78, 5) is 26.4. The van der Waals surface area contributed by atoms with Gasteiger partial charge in [-0.1, -0.05) is 37.4 Å². The standard InChI is InChI=1S/C16H16FNO.C10H19IN2O3S.C2H2/c1-3-12-9-10-18(11-19)16(15(12)4-2)13-5-7-14(17)8-6-13;1-8-3-4-10(7-15-8)13(9(2)14)6-5-12-17-16-11;1-2/h3-8,11,16H,1-2,9-10H2;8,10,12H,3-7H2,1-2H3;1-2H/t16-;;/m0../s1. The number of nitrogens with zero attached hydrogens (tertiary/aromatic N) is 2. The van der Waals surface area contributed by atoms with Gasteiger partial charge < -0.3 is 14.5 Å². The van der Waals surface area contributed by atoms with Crippen LogP contribution in [0.5, 0.6) is 0 Å². The molecule has 0 saturated carbocycles. The van der Waals surface area contributed by atoms with Crippen LogP contribution in [0.2, 0.25) is 0 Å². The number of allylic oxidation sites excluding steroid dienone is 1. The number of carbonyl (C=O) groups is 2. The first-order valence-electron chi connectivity index (χ1n) is 12.2. The van der Waals surface area contributed by atoms with E-state index in [0.717, 1.165) is 42.4 Å². The van der Waals surface area contributed by atoms with Crippen LogP contribution in [0.4, 0.5) is 4.39 Å². The number of amides is 2. The normalized spacial score (nSPS) is 20.7. The minimum Gasteiger partial charge on any atom is -0.376 e. The van der Waals surface area contributed by atoms with Crippen molar-refractivity contribution < 1.29 is 21.2 Å². The van der Waals surface area contributed by atoms with Gasteiger partial charge in [0.15, 0.2) is 0 Å². The van der Waals surface area contributed by atoms with E-state index in [2.05, 4.69) is 37.7 Å². The smallest absolute Gasteiger partial charge is 0.219 e. The van der Waals surface area contributed by atoms with Crippen molar-refractivity contribution in [3.63, 3.8) is 0 Å². The number of halogens is 2. The van der Waals surface area contributed by atoms with Gasteiger partial charge in [-0.2, -0.15) is 0 Å². The van der Waals surface area contributed by atoms with E-state index in [1.54, 1.807) is 59.1 Å². The lowest BCUT2D eigenvalue weighted by Crippen LogP contribution is -2.47. The summed E-state index contributed by atoms with van der Waals surface area (Å²) in [6.45, 7) is 14.0. The molecule has 0 aromatic heterocycles. The molecule has 10 heteroatoms. The average molecular weight is 658 g/mol. The molecule has 1 aromatic rings. The highest BCUT2D eigenvalue weighted by Crippen LogP contribution is 2.35. The molecule has 1 aromatic carbocycles. The Balaban J connectivity index is 0.000000359. The van der Waals surface area contributed by atoms with E-state index in [1.165, 1.54) is 24.4 Å². The summed E-state index contributed by atoms with van der Waals surface area (Å²) >= 11 is 2.98. The van der Waals surface area contributed by atoms with Crippen molar-refractivity contribution in [2.75, 3.05) is 26.2 Å². The summed E-state index contributed by atoms with van der Waals surface area (Å²) in [5, 5.41) is 0. The molecule has 2 heterocycles. The highest BCUT2D eigenvalue weighted by molar-refractivity contribution is 14.1. The molecule has 0 radical (unpaired) electrons. The third-order valence-electron chi connectivity index (χ3n) is 6.29. The van der Waals surface area contributed by atoms with Gasteiger partial charge in [-0.05, 0) is 55.0 Å². The summed E-state index contributed by atoms with van der Waals surface area (Å²) in [5.74, 6) is -0.180. The van der Waals surface area contributed by atoms with Crippen molar-refractivity contribution in [2.24, 2.45) is 0 Å². The molecular weight excluding hydrogens is 620 g/mol. The molecular formula is C28H37FIN3O4S. The molecule has 3 rings (SSSR count). The van der Waals surface area contributed by atoms with Crippen molar-refractivity contribution in [2.45, 2.75) is 51.3 Å². The molecule has 1 fully saturated rings. The Morgan fingerprint density at radius 2 is 2.00 bits per heavy atom. The van der Waals surface area contributed by atoms with Crippen LogP contribution in [0.15, 0.2) is 60.7 Å². The third kappa shape index (κ3) is 10.5. The number of rotatable bonds is 10. The van der Waals surface area contributed by atoms with Crippen LogP contribution in [0.25, 0.3) is 0 Å². The first kappa shape index (κ1) is 33.9. The average Bonchev–Trinajstić information content (AvgIpc) is 2.94. The second-order valence-electron chi connectivity index (χ2n) is 8.56. The minimum atomic E-state index is -0.287. The summed E-state index contributed by atoms with van der Waals surface area (Å²) in [6.07, 6.45) is 15.5. The molecule has 0 aliphatic carbocycles.